The van der Waals surface area contributed by atoms with E-state index in [9.17, 15) is 0 Å². The van der Waals surface area contributed by atoms with Crippen molar-refractivity contribution in [3.63, 3.8) is 0 Å². The van der Waals surface area contributed by atoms with Crippen molar-refractivity contribution in [2.75, 3.05) is 0 Å². The van der Waals surface area contributed by atoms with Gasteiger partial charge in [0, 0.05) is 28.5 Å². The summed E-state index contributed by atoms with van der Waals surface area (Å²) < 4.78 is 6.82. The number of hydrogen-bond acceptors (Lipinski definition) is 3. The Kier molecular flexibility index (Phi) is 3.78. The molecule has 0 spiro atoms. The summed E-state index contributed by atoms with van der Waals surface area (Å²) in [6, 6.07) is 3.80. The fraction of sp³-hybridized carbons (Fsp3) is 0.182. The monoisotopic (exact) mass is 344 g/mol. The first-order chi connectivity index (χ1) is 7.66. The zero-order valence-electron chi connectivity index (χ0n) is 8.36. The van der Waals surface area contributed by atoms with E-state index in [1.54, 1.807) is 12.5 Å². The van der Waals surface area contributed by atoms with Crippen LogP contribution in [-0.2, 0) is 6.42 Å². The summed E-state index contributed by atoms with van der Waals surface area (Å²) in [5.74, 6) is 0. The third kappa shape index (κ3) is 2.72. The Morgan fingerprint density at radius 2 is 2.19 bits per heavy atom. The Labute approximate surface area is 110 Å². The van der Waals surface area contributed by atoms with Gasteiger partial charge < -0.3 is 10.2 Å². The zero-order valence-corrected chi connectivity index (χ0v) is 11.5. The van der Waals surface area contributed by atoms with E-state index in [-0.39, 0.29) is 6.04 Å². The summed E-state index contributed by atoms with van der Waals surface area (Å²) in [5, 5.41) is 0. The van der Waals surface area contributed by atoms with Gasteiger partial charge >= 0.3 is 0 Å². The van der Waals surface area contributed by atoms with Crippen molar-refractivity contribution in [1.29, 1.82) is 0 Å². The highest BCUT2D eigenvalue weighted by Gasteiger charge is 2.13. The Hall–Kier alpha value is -0.650. The lowest BCUT2D eigenvalue weighted by Gasteiger charge is -2.10. The lowest BCUT2D eigenvalue weighted by atomic mass is 10.0. The molecular weight excluding hydrogens is 336 g/mol. The minimum Gasteiger partial charge on any atom is -0.457 e. The van der Waals surface area contributed by atoms with Gasteiger partial charge in [0.1, 0.15) is 0 Å². The zero-order chi connectivity index (χ0) is 11.5. The molecule has 0 radical (unpaired) electrons. The Balaban J connectivity index is 2.14. The minimum absolute atomic E-state index is 0.0933. The van der Waals surface area contributed by atoms with Gasteiger partial charge in [0.05, 0.1) is 6.26 Å². The van der Waals surface area contributed by atoms with Crippen molar-refractivity contribution in [3.05, 3.63) is 51.1 Å². The molecule has 0 saturated carbocycles. The molecule has 0 bridgehead atoms. The molecule has 2 aromatic rings. The van der Waals surface area contributed by atoms with Crippen LogP contribution in [0.25, 0.3) is 0 Å². The Morgan fingerprint density at radius 3 is 2.81 bits per heavy atom. The largest absolute Gasteiger partial charge is 0.457 e. The van der Waals surface area contributed by atoms with E-state index < -0.39 is 0 Å². The second-order valence-corrected chi connectivity index (χ2v) is 5.11. The fourth-order valence-electron chi connectivity index (χ4n) is 1.50. The van der Waals surface area contributed by atoms with Crippen molar-refractivity contribution in [2.24, 2.45) is 5.73 Å². The molecule has 5 heteroatoms. The van der Waals surface area contributed by atoms with E-state index in [2.05, 4.69) is 36.8 Å². The van der Waals surface area contributed by atoms with Gasteiger partial charge in [-0.25, -0.2) is 0 Å². The van der Waals surface area contributed by atoms with Crippen LogP contribution in [0.15, 0.2) is 44.3 Å². The third-order valence-corrected chi connectivity index (χ3v) is 3.34. The molecule has 0 saturated heterocycles. The number of hydrogen-bond donors (Lipinski definition) is 1. The van der Waals surface area contributed by atoms with Crippen LogP contribution in [-0.4, -0.2) is 4.98 Å². The van der Waals surface area contributed by atoms with E-state index in [0.29, 0.717) is 4.67 Å². The molecule has 16 heavy (non-hydrogen) atoms. The lowest BCUT2D eigenvalue weighted by Crippen LogP contribution is -2.13. The Morgan fingerprint density at radius 1 is 1.38 bits per heavy atom. The summed E-state index contributed by atoms with van der Waals surface area (Å²) in [6.45, 7) is 0. The molecule has 3 nitrogen and oxygen atoms in total. The number of aromatic nitrogens is 1. The summed E-state index contributed by atoms with van der Waals surface area (Å²) in [5.41, 5.74) is 8.15. The molecule has 2 N–H and O–H groups in total. The number of furan rings is 1. The number of nitrogens with two attached hydrogens (primary N) is 1. The lowest BCUT2D eigenvalue weighted by molar-refractivity contribution is 0.531. The third-order valence-electron chi connectivity index (χ3n) is 2.26. The number of nitrogens with zero attached hydrogens (tertiary/aromatic N) is 1. The molecule has 1 atom stereocenters. The highest BCUT2D eigenvalue weighted by Crippen LogP contribution is 2.25. The highest BCUT2D eigenvalue weighted by atomic mass is 79.9. The van der Waals surface area contributed by atoms with Crippen LogP contribution in [0.1, 0.15) is 17.2 Å². The average Bonchev–Trinajstić information content (AvgIpc) is 2.64. The predicted molar refractivity (Wildman–Crippen MR) is 69.0 cm³/mol. The van der Waals surface area contributed by atoms with Crippen molar-refractivity contribution >= 4 is 31.9 Å². The fourth-order valence-corrected chi connectivity index (χ4v) is 2.45. The number of pyridine rings is 1. The maximum atomic E-state index is 6.09. The van der Waals surface area contributed by atoms with Crippen molar-refractivity contribution in [1.82, 2.24) is 4.98 Å². The van der Waals surface area contributed by atoms with Crippen molar-refractivity contribution in [3.8, 4) is 0 Å². The van der Waals surface area contributed by atoms with Crippen LogP contribution in [0.5, 0.6) is 0 Å². The molecule has 1 unspecified atom stereocenters. The normalized spacial score (nSPS) is 12.7. The molecule has 0 aliphatic heterocycles. The molecule has 2 heterocycles. The van der Waals surface area contributed by atoms with E-state index in [1.165, 1.54) is 0 Å². The van der Waals surface area contributed by atoms with E-state index >= 15 is 0 Å². The quantitative estimate of drug-likeness (QED) is 0.926. The first kappa shape index (κ1) is 11.8. The molecule has 2 aromatic heterocycles. The summed E-state index contributed by atoms with van der Waals surface area (Å²) >= 11 is 6.71. The smallest absolute Gasteiger partial charge is 0.173 e. The van der Waals surface area contributed by atoms with Crippen LogP contribution in [0.4, 0.5) is 0 Å². The van der Waals surface area contributed by atoms with E-state index in [4.69, 9.17) is 10.2 Å². The van der Waals surface area contributed by atoms with E-state index in [1.807, 2.05) is 18.3 Å². The molecular formula is C11H10Br2N2O. The SMILES string of the molecule is NC(Cc1cncc(Br)c1)c1ccoc1Br. The van der Waals surface area contributed by atoms with Gasteiger partial charge in [-0.2, -0.15) is 0 Å². The summed E-state index contributed by atoms with van der Waals surface area (Å²) in [4.78, 5) is 4.10. The standard InChI is InChI=1S/C11H10Br2N2O/c12-8-3-7(5-15-6-8)4-10(14)9-1-2-16-11(9)13/h1-3,5-6,10H,4,14H2. The average molecular weight is 346 g/mol. The first-order valence-electron chi connectivity index (χ1n) is 4.74. The summed E-state index contributed by atoms with van der Waals surface area (Å²) in [6.07, 6.45) is 5.92. The number of halogens is 2. The number of rotatable bonds is 3. The molecule has 0 aliphatic carbocycles. The van der Waals surface area contributed by atoms with Crippen LogP contribution >= 0.6 is 31.9 Å². The Bertz CT molecular complexity index is 484. The molecule has 0 aromatic carbocycles. The van der Waals surface area contributed by atoms with Gasteiger partial charge in [0.2, 0.25) is 0 Å². The van der Waals surface area contributed by atoms with Gasteiger partial charge in [-0.1, -0.05) is 0 Å². The van der Waals surface area contributed by atoms with Gasteiger partial charge in [-0.3, -0.25) is 4.98 Å². The second-order valence-electron chi connectivity index (χ2n) is 3.47. The first-order valence-corrected chi connectivity index (χ1v) is 6.33. The molecule has 84 valence electrons. The van der Waals surface area contributed by atoms with Gasteiger partial charge in [0.25, 0.3) is 0 Å². The van der Waals surface area contributed by atoms with Gasteiger partial charge in [0.15, 0.2) is 4.67 Å². The second kappa shape index (κ2) is 5.12. The summed E-state index contributed by atoms with van der Waals surface area (Å²) in [7, 11) is 0. The van der Waals surface area contributed by atoms with Gasteiger partial charge in [-0.05, 0) is 56.0 Å². The highest BCUT2D eigenvalue weighted by molar-refractivity contribution is 9.10. The van der Waals surface area contributed by atoms with E-state index in [0.717, 1.165) is 22.0 Å². The van der Waals surface area contributed by atoms with Crippen molar-refractivity contribution < 1.29 is 4.42 Å². The maximum absolute atomic E-state index is 6.09. The topological polar surface area (TPSA) is 52.0 Å². The van der Waals surface area contributed by atoms with Crippen LogP contribution < -0.4 is 5.73 Å². The molecule has 0 amide bonds. The van der Waals surface area contributed by atoms with Gasteiger partial charge in [-0.15, -0.1) is 0 Å². The molecule has 0 fully saturated rings. The van der Waals surface area contributed by atoms with Crippen molar-refractivity contribution in [2.45, 2.75) is 12.5 Å². The molecule has 0 aliphatic rings. The minimum atomic E-state index is -0.0933. The molecule has 2 rings (SSSR count). The van der Waals surface area contributed by atoms with Crippen LogP contribution in [0.2, 0.25) is 0 Å². The van der Waals surface area contributed by atoms with Crippen LogP contribution in [0, 0.1) is 0 Å². The predicted octanol–water partition coefficient (Wildman–Crippen LogP) is 3.44. The van der Waals surface area contributed by atoms with Crippen LogP contribution in [0.3, 0.4) is 0 Å². The maximum Gasteiger partial charge on any atom is 0.173 e.